The summed E-state index contributed by atoms with van der Waals surface area (Å²) in [4.78, 5) is 7.11. The van der Waals surface area contributed by atoms with Gasteiger partial charge in [-0.15, -0.1) is 24.0 Å². The van der Waals surface area contributed by atoms with Crippen LogP contribution in [0.1, 0.15) is 37.9 Å². The Hall–Kier alpha value is -0.760. The predicted octanol–water partition coefficient (Wildman–Crippen LogP) is 3.30. The molecule has 1 aromatic heterocycles. The fraction of sp³-hybridized carbons (Fsp3) is 0.722. The highest BCUT2D eigenvalue weighted by atomic mass is 127. The molecule has 2 aliphatic rings. The van der Waals surface area contributed by atoms with Gasteiger partial charge in [-0.2, -0.15) is 0 Å². The molecule has 1 saturated heterocycles. The molecule has 5 nitrogen and oxygen atoms in total. The van der Waals surface area contributed by atoms with Crippen molar-refractivity contribution in [2.45, 2.75) is 44.6 Å². The molecule has 1 unspecified atom stereocenters. The number of nitrogens with zero attached hydrogens (tertiary/aromatic N) is 2. The first-order chi connectivity index (χ1) is 11.3. The van der Waals surface area contributed by atoms with Crippen molar-refractivity contribution in [1.29, 1.82) is 0 Å². The number of ether oxygens (including phenoxy) is 1. The Bertz CT molecular complexity index is 480. The van der Waals surface area contributed by atoms with Crippen molar-refractivity contribution in [3.63, 3.8) is 0 Å². The number of nitrogens with one attached hydrogen (secondary N) is 1. The Balaban J connectivity index is 0.00000208. The predicted molar refractivity (Wildman–Crippen MR) is 107 cm³/mol. The van der Waals surface area contributed by atoms with E-state index in [1.165, 1.54) is 25.7 Å². The number of rotatable bonds is 6. The van der Waals surface area contributed by atoms with Crippen molar-refractivity contribution in [3.05, 3.63) is 24.2 Å². The Morgan fingerprint density at radius 1 is 1.33 bits per heavy atom. The summed E-state index contributed by atoms with van der Waals surface area (Å²) < 4.78 is 10.9. The van der Waals surface area contributed by atoms with E-state index in [1.807, 2.05) is 12.1 Å². The second-order valence-electron chi connectivity index (χ2n) is 6.77. The Morgan fingerprint density at radius 3 is 2.83 bits per heavy atom. The minimum absolute atomic E-state index is 0. The maximum Gasteiger partial charge on any atom is 0.193 e. The molecule has 136 valence electrons. The topological polar surface area (TPSA) is 50.0 Å². The van der Waals surface area contributed by atoms with Crippen LogP contribution in [0.2, 0.25) is 0 Å². The first-order valence-electron chi connectivity index (χ1n) is 8.93. The van der Waals surface area contributed by atoms with Crippen LogP contribution >= 0.6 is 24.0 Å². The lowest BCUT2D eigenvalue weighted by atomic mass is 10.1. The average Bonchev–Trinajstić information content (AvgIpc) is 3.30. The van der Waals surface area contributed by atoms with E-state index in [-0.39, 0.29) is 24.0 Å². The monoisotopic (exact) mass is 447 g/mol. The van der Waals surface area contributed by atoms with Gasteiger partial charge in [-0.3, -0.25) is 4.99 Å². The van der Waals surface area contributed by atoms with Crippen molar-refractivity contribution < 1.29 is 9.15 Å². The van der Waals surface area contributed by atoms with Crippen LogP contribution in [0.25, 0.3) is 0 Å². The molecule has 1 N–H and O–H groups in total. The van der Waals surface area contributed by atoms with E-state index in [1.54, 1.807) is 6.26 Å². The molecule has 2 fully saturated rings. The largest absolute Gasteiger partial charge is 0.469 e. The smallest absolute Gasteiger partial charge is 0.193 e. The third-order valence-electron chi connectivity index (χ3n) is 4.81. The fourth-order valence-corrected chi connectivity index (χ4v) is 3.46. The highest BCUT2D eigenvalue weighted by Gasteiger charge is 2.22. The van der Waals surface area contributed by atoms with Gasteiger partial charge in [0.2, 0.25) is 0 Å². The van der Waals surface area contributed by atoms with Crippen LogP contribution in [0.3, 0.4) is 0 Å². The van der Waals surface area contributed by atoms with Gasteiger partial charge < -0.3 is 19.4 Å². The lowest BCUT2D eigenvalue weighted by Crippen LogP contribution is -2.45. The van der Waals surface area contributed by atoms with Crippen LogP contribution in [0.5, 0.6) is 0 Å². The Morgan fingerprint density at radius 2 is 2.17 bits per heavy atom. The summed E-state index contributed by atoms with van der Waals surface area (Å²) in [6.45, 7) is 3.56. The third-order valence-corrected chi connectivity index (χ3v) is 4.81. The molecule has 0 radical (unpaired) electrons. The maximum atomic E-state index is 5.50. The quantitative estimate of drug-likeness (QED) is 0.413. The molecule has 1 saturated carbocycles. The molecule has 0 aromatic carbocycles. The molecule has 0 amide bonds. The van der Waals surface area contributed by atoms with Crippen molar-refractivity contribution in [2.75, 3.05) is 33.4 Å². The molecule has 0 bridgehead atoms. The molecule has 6 heteroatoms. The normalized spacial score (nSPS) is 21.7. The van der Waals surface area contributed by atoms with Gasteiger partial charge in [-0.05, 0) is 31.4 Å². The molecule has 24 heavy (non-hydrogen) atoms. The van der Waals surface area contributed by atoms with Crippen LogP contribution in [0, 0.1) is 5.92 Å². The van der Waals surface area contributed by atoms with Gasteiger partial charge in [-0.25, -0.2) is 0 Å². The van der Waals surface area contributed by atoms with Gasteiger partial charge in [0.15, 0.2) is 5.96 Å². The van der Waals surface area contributed by atoms with Gasteiger partial charge in [0.25, 0.3) is 0 Å². The summed E-state index contributed by atoms with van der Waals surface area (Å²) in [6.07, 6.45) is 8.92. The number of hydrogen-bond donors (Lipinski definition) is 1. The molecule has 1 aliphatic carbocycles. The molecular weight excluding hydrogens is 417 g/mol. The van der Waals surface area contributed by atoms with Gasteiger partial charge in [0, 0.05) is 45.1 Å². The summed E-state index contributed by atoms with van der Waals surface area (Å²) in [5, 5.41) is 3.67. The molecule has 1 aliphatic heterocycles. The van der Waals surface area contributed by atoms with Crippen LogP contribution in [-0.4, -0.2) is 50.3 Å². The van der Waals surface area contributed by atoms with E-state index in [0.717, 1.165) is 50.9 Å². The van der Waals surface area contributed by atoms with E-state index in [0.29, 0.717) is 12.0 Å². The van der Waals surface area contributed by atoms with Gasteiger partial charge in [0.05, 0.1) is 12.9 Å². The molecule has 3 rings (SSSR count). The average molecular weight is 447 g/mol. The van der Waals surface area contributed by atoms with E-state index >= 15 is 0 Å². The summed E-state index contributed by atoms with van der Waals surface area (Å²) in [6, 6.07) is 4.53. The van der Waals surface area contributed by atoms with Crippen molar-refractivity contribution in [3.8, 4) is 0 Å². The van der Waals surface area contributed by atoms with E-state index in [4.69, 9.17) is 14.1 Å². The summed E-state index contributed by atoms with van der Waals surface area (Å²) >= 11 is 0. The minimum atomic E-state index is 0. The summed E-state index contributed by atoms with van der Waals surface area (Å²) in [7, 11) is 2.14. The second-order valence-corrected chi connectivity index (χ2v) is 6.77. The van der Waals surface area contributed by atoms with Gasteiger partial charge >= 0.3 is 0 Å². The summed E-state index contributed by atoms with van der Waals surface area (Å²) in [5.74, 6) is 2.66. The molecular formula is C18H30IN3O2. The van der Waals surface area contributed by atoms with Crippen LogP contribution < -0.4 is 5.32 Å². The summed E-state index contributed by atoms with van der Waals surface area (Å²) in [5.41, 5.74) is 0. The number of guanidine groups is 1. The van der Waals surface area contributed by atoms with Gasteiger partial charge in [0.1, 0.15) is 5.76 Å². The lowest BCUT2D eigenvalue weighted by Gasteiger charge is -2.27. The van der Waals surface area contributed by atoms with Crippen molar-refractivity contribution >= 4 is 29.9 Å². The van der Waals surface area contributed by atoms with Gasteiger partial charge in [-0.1, -0.05) is 12.8 Å². The standard InChI is InChI=1S/C18H29N3O2.HI/c1-21(13-15-9-12-22-14-15)18(20-16-5-2-3-6-16)19-10-8-17-7-4-11-23-17;/h4,7,11,15-16H,2-3,5-6,8-10,12-14H2,1H3,(H,19,20);1H. The maximum absolute atomic E-state index is 5.50. The fourth-order valence-electron chi connectivity index (χ4n) is 3.46. The Labute approximate surface area is 162 Å². The number of hydrogen-bond acceptors (Lipinski definition) is 3. The second kappa shape index (κ2) is 10.3. The minimum Gasteiger partial charge on any atom is -0.469 e. The third kappa shape index (κ3) is 5.95. The van der Waals surface area contributed by atoms with Crippen molar-refractivity contribution in [1.82, 2.24) is 10.2 Å². The zero-order chi connectivity index (χ0) is 15.9. The number of aliphatic imine (C=N–C) groups is 1. The molecule has 1 aromatic rings. The zero-order valence-electron chi connectivity index (χ0n) is 14.6. The van der Waals surface area contributed by atoms with E-state index < -0.39 is 0 Å². The molecule has 2 heterocycles. The number of furan rings is 1. The van der Waals surface area contributed by atoms with E-state index in [2.05, 4.69) is 17.3 Å². The SMILES string of the molecule is CN(CC1CCOC1)C(=NCCc1ccco1)NC1CCCC1.I. The Kier molecular flexibility index (Phi) is 8.38. The van der Waals surface area contributed by atoms with Crippen molar-refractivity contribution in [2.24, 2.45) is 10.9 Å². The highest BCUT2D eigenvalue weighted by molar-refractivity contribution is 14.0. The molecule has 1 atom stereocenters. The highest BCUT2D eigenvalue weighted by Crippen LogP contribution is 2.18. The number of halogens is 1. The lowest BCUT2D eigenvalue weighted by molar-refractivity contribution is 0.181. The first-order valence-corrected chi connectivity index (χ1v) is 8.93. The van der Waals surface area contributed by atoms with Crippen LogP contribution in [-0.2, 0) is 11.2 Å². The van der Waals surface area contributed by atoms with Crippen LogP contribution in [0.4, 0.5) is 0 Å². The first kappa shape index (κ1) is 19.6. The van der Waals surface area contributed by atoms with Crippen LogP contribution in [0.15, 0.2) is 27.8 Å². The zero-order valence-corrected chi connectivity index (χ0v) is 16.9. The van der Waals surface area contributed by atoms with E-state index in [9.17, 15) is 0 Å². The molecule has 0 spiro atoms.